The fraction of sp³-hybridized carbons (Fsp3) is 0.440. The van der Waals surface area contributed by atoms with Crippen LogP contribution in [0.4, 0.5) is 4.79 Å². The highest BCUT2D eigenvalue weighted by atomic mass is 16.6. The summed E-state index contributed by atoms with van der Waals surface area (Å²) in [5.74, 6) is 0.0891. The third-order valence-electron chi connectivity index (χ3n) is 6.55. The van der Waals surface area contributed by atoms with Gasteiger partial charge in [-0.1, -0.05) is 80.4 Å². The first kappa shape index (κ1) is 20.6. The maximum Gasteiger partial charge on any atom is 0.411 e. The van der Waals surface area contributed by atoms with Crippen LogP contribution in [0, 0.1) is 0 Å². The fourth-order valence-electron chi connectivity index (χ4n) is 5.05. The van der Waals surface area contributed by atoms with Crippen LogP contribution < -0.4 is 0 Å². The van der Waals surface area contributed by atoms with E-state index in [1.165, 1.54) is 0 Å². The summed E-state index contributed by atoms with van der Waals surface area (Å²) >= 11 is 0. The van der Waals surface area contributed by atoms with Gasteiger partial charge < -0.3 is 9.47 Å². The van der Waals surface area contributed by atoms with E-state index in [-0.39, 0.29) is 24.0 Å². The minimum atomic E-state index is -0.965. The number of ketones is 1. The summed E-state index contributed by atoms with van der Waals surface area (Å²) in [6, 6.07) is 19.1. The highest BCUT2D eigenvalue weighted by Gasteiger charge is 2.58. The van der Waals surface area contributed by atoms with E-state index in [0.29, 0.717) is 19.3 Å². The Balaban J connectivity index is 1.78. The van der Waals surface area contributed by atoms with Crippen LogP contribution in [0.3, 0.4) is 0 Å². The van der Waals surface area contributed by atoms with Crippen LogP contribution in [0.15, 0.2) is 60.7 Å². The van der Waals surface area contributed by atoms with Gasteiger partial charge in [-0.05, 0) is 24.0 Å². The molecule has 2 aliphatic rings. The van der Waals surface area contributed by atoms with E-state index in [1.54, 1.807) is 12.0 Å². The zero-order valence-corrected chi connectivity index (χ0v) is 17.6. The SMILES string of the molecule is CCCC[C@@]1(OC)C(=O)CC[C@H]1N1C(=O)O[C@@H](c2ccccc2)[C@H]1c1ccccc1. The summed E-state index contributed by atoms with van der Waals surface area (Å²) in [7, 11) is 1.60. The molecule has 1 saturated carbocycles. The number of cyclic esters (lactones) is 1. The van der Waals surface area contributed by atoms with Gasteiger partial charge in [-0.25, -0.2) is 4.79 Å². The number of hydrogen-bond donors (Lipinski definition) is 0. The molecule has 0 bridgehead atoms. The molecule has 1 aliphatic carbocycles. The fourth-order valence-corrected chi connectivity index (χ4v) is 5.05. The molecule has 1 amide bonds. The Bertz CT molecular complexity index is 885. The quantitative estimate of drug-likeness (QED) is 0.631. The molecule has 0 N–H and O–H groups in total. The lowest BCUT2D eigenvalue weighted by molar-refractivity contribution is -0.143. The summed E-state index contributed by atoms with van der Waals surface area (Å²) in [4.78, 5) is 28.0. The molecule has 2 aromatic rings. The average molecular weight is 408 g/mol. The van der Waals surface area contributed by atoms with Gasteiger partial charge in [0.25, 0.3) is 0 Å². The Morgan fingerprint density at radius 3 is 2.27 bits per heavy atom. The molecule has 1 saturated heterocycles. The van der Waals surface area contributed by atoms with Gasteiger partial charge in [0.05, 0.1) is 6.04 Å². The topological polar surface area (TPSA) is 55.8 Å². The first-order valence-corrected chi connectivity index (χ1v) is 10.8. The monoisotopic (exact) mass is 407 g/mol. The van der Waals surface area contributed by atoms with Crippen LogP contribution in [0.5, 0.6) is 0 Å². The number of carbonyl (C=O) groups excluding carboxylic acids is 2. The van der Waals surface area contributed by atoms with Crippen molar-refractivity contribution in [3.8, 4) is 0 Å². The van der Waals surface area contributed by atoms with E-state index in [1.807, 2.05) is 60.7 Å². The zero-order valence-electron chi connectivity index (χ0n) is 17.6. The van der Waals surface area contributed by atoms with Crippen molar-refractivity contribution in [3.05, 3.63) is 71.8 Å². The number of methoxy groups -OCH3 is 1. The first-order chi connectivity index (χ1) is 14.6. The second-order valence-corrected chi connectivity index (χ2v) is 8.15. The lowest BCUT2D eigenvalue weighted by atomic mass is 9.86. The van der Waals surface area contributed by atoms with Gasteiger partial charge >= 0.3 is 6.09 Å². The van der Waals surface area contributed by atoms with Crippen LogP contribution in [-0.2, 0) is 14.3 Å². The van der Waals surface area contributed by atoms with Crippen molar-refractivity contribution < 1.29 is 19.1 Å². The standard InChI is InChI=1S/C25H29NO4/c1-3-4-17-25(29-2)20(15-16-21(25)27)26-22(18-11-7-5-8-12-18)23(30-24(26)28)19-13-9-6-10-14-19/h5-14,20,22-23H,3-4,15-17H2,1-2H3/t20-,22-,23+,25+/m1/s1. The summed E-state index contributed by atoms with van der Waals surface area (Å²) in [5.41, 5.74) is 0.980. The van der Waals surface area contributed by atoms with Gasteiger partial charge in [-0.2, -0.15) is 0 Å². The van der Waals surface area contributed by atoms with Crippen LogP contribution in [0.2, 0.25) is 0 Å². The number of benzene rings is 2. The molecule has 5 heteroatoms. The molecule has 2 fully saturated rings. The molecule has 30 heavy (non-hydrogen) atoms. The van der Waals surface area contributed by atoms with Gasteiger partial charge in [0.2, 0.25) is 0 Å². The highest BCUT2D eigenvalue weighted by molar-refractivity contribution is 5.91. The Kier molecular flexibility index (Phi) is 5.91. The number of rotatable bonds is 7. The molecule has 158 valence electrons. The minimum absolute atomic E-state index is 0.0891. The van der Waals surface area contributed by atoms with E-state index < -0.39 is 11.7 Å². The number of Topliss-reactive ketones (excluding diaryl/α,β-unsaturated/α-hetero) is 1. The molecular weight excluding hydrogens is 378 g/mol. The van der Waals surface area contributed by atoms with Crippen molar-refractivity contribution >= 4 is 11.9 Å². The second-order valence-electron chi connectivity index (χ2n) is 8.15. The van der Waals surface area contributed by atoms with E-state index in [4.69, 9.17) is 9.47 Å². The van der Waals surface area contributed by atoms with Crippen molar-refractivity contribution in [1.29, 1.82) is 0 Å². The Morgan fingerprint density at radius 1 is 1.03 bits per heavy atom. The summed E-state index contributed by atoms with van der Waals surface area (Å²) in [6.07, 6.45) is 2.65. The molecule has 2 aromatic carbocycles. The van der Waals surface area contributed by atoms with Crippen LogP contribution in [0.1, 0.15) is 62.3 Å². The number of nitrogens with zero attached hydrogens (tertiary/aromatic N) is 1. The maximum atomic E-state index is 13.2. The van der Waals surface area contributed by atoms with Crippen molar-refractivity contribution in [2.24, 2.45) is 0 Å². The molecule has 0 aromatic heterocycles. The zero-order chi connectivity index (χ0) is 21.1. The van der Waals surface area contributed by atoms with Crippen molar-refractivity contribution in [2.45, 2.75) is 62.8 Å². The Hall–Kier alpha value is -2.66. The third-order valence-corrected chi connectivity index (χ3v) is 6.55. The predicted molar refractivity (Wildman–Crippen MR) is 114 cm³/mol. The van der Waals surface area contributed by atoms with E-state index >= 15 is 0 Å². The summed E-state index contributed by atoms with van der Waals surface area (Å²) in [5, 5.41) is 0. The Morgan fingerprint density at radius 2 is 1.67 bits per heavy atom. The lowest BCUT2D eigenvalue weighted by Gasteiger charge is -2.40. The Labute approximate surface area is 178 Å². The summed E-state index contributed by atoms with van der Waals surface area (Å²) < 4.78 is 11.8. The van der Waals surface area contributed by atoms with Crippen LogP contribution in [0.25, 0.3) is 0 Å². The molecule has 1 aliphatic heterocycles. The molecule has 4 atom stereocenters. The molecule has 0 radical (unpaired) electrons. The summed E-state index contributed by atoms with van der Waals surface area (Å²) in [6.45, 7) is 2.10. The normalized spacial score (nSPS) is 28.7. The molecule has 1 heterocycles. The van der Waals surface area contributed by atoms with Gasteiger partial charge in [-0.15, -0.1) is 0 Å². The van der Waals surface area contributed by atoms with Crippen molar-refractivity contribution in [3.63, 3.8) is 0 Å². The third kappa shape index (κ3) is 3.41. The molecule has 0 unspecified atom stereocenters. The van der Waals surface area contributed by atoms with Crippen LogP contribution in [-0.4, -0.2) is 35.5 Å². The number of hydrogen-bond acceptors (Lipinski definition) is 4. The van der Waals surface area contributed by atoms with Crippen molar-refractivity contribution in [2.75, 3.05) is 7.11 Å². The maximum absolute atomic E-state index is 13.2. The molecule has 4 rings (SSSR count). The molecule has 5 nitrogen and oxygen atoms in total. The van der Waals surface area contributed by atoms with Gasteiger partial charge in [-0.3, -0.25) is 9.69 Å². The largest absolute Gasteiger partial charge is 0.439 e. The van der Waals surface area contributed by atoms with Crippen molar-refractivity contribution in [1.82, 2.24) is 4.90 Å². The lowest BCUT2D eigenvalue weighted by Crippen LogP contribution is -2.55. The smallest absolute Gasteiger partial charge is 0.411 e. The van der Waals surface area contributed by atoms with Gasteiger partial charge in [0.1, 0.15) is 11.6 Å². The van der Waals surface area contributed by atoms with Gasteiger partial charge in [0, 0.05) is 13.5 Å². The number of unbranched alkanes of at least 4 members (excludes halogenated alkanes) is 1. The van der Waals surface area contributed by atoms with E-state index in [9.17, 15) is 9.59 Å². The molecular formula is C25H29NO4. The van der Waals surface area contributed by atoms with Gasteiger partial charge in [0.15, 0.2) is 11.9 Å². The van der Waals surface area contributed by atoms with Crippen LogP contribution >= 0.6 is 0 Å². The molecule has 0 spiro atoms. The number of carbonyl (C=O) groups is 2. The predicted octanol–water partition coefficient (Wildman–Crippen LogP) is 5.23. The number of amides is 1. The van der Waals surface area contributed by atoms with E-state index in [2.05, 4.69) is 6.92 Å². The minimum Gasteiger partial charge on any atom is -0.439 e. The highest BCUT2D eigenvalue weighted by Crippen LogP contribution is 2.49. The average Bonchev–Trinajstić information content (AvgIpc) is 3.30. The van der Waals surface area contributed by atoms with E-state index in [0.717, 1.165) is 24.0 Å². The second kappa shape index (κ2) is 8.60. The first-order valence-electron chi connectivity index (χ1n) is 10.8. The number of ether oxygens (including phenoxy) is 2.